The molecule has 3 aromatic heterocycles. The lowest BCUT2D eigenvalue weighted by atomic mass is 10.1. The molecule has 0 radical (unpaired) electrons. The summed E-state index contributed by atoms with van der Waals surface area (Å²) in [6.45, 7) is 5.51. The van der Waals surface area contributed by atoms with Gasteiger partial charge in [-0.15, -0.1) is 11.3 Å². The van der Waals surface area contributed by atoms with Gasteiger partial charge in [-0.3, -0.25) is 9.69 Å². The van der Waals surface area contributed by atoms with Gasteiger partial charge in [0.2, 0.25) is 0 Å². The molecule has 2 aliphatic heterocycles. The smallest absolute Gasteiger partial charge is 0.274 e. The normalized spacial score (nSPS) is 20.6. The van der Waals surface area contributed by atoms with Crippen molar-refractivity contribution in [3.05, 3.63) is 51.9 Å². The molecular formula is C22H27N5OS. The second-order valence-electron chi connectivity index (χ2n) is 8.14. The standard InChI is InChI=1S/C22H27N5OS/c1-16-7-5-13-27-18(15-26-12-6-8-17(26)21-23-9-14-29-21)19(24-20(16)27)22(28)25-10-3-2-4-11-25/h5,7,9,13-14,17H,2-4,6,8,10-12,15H2,1H3/t17-/m0/s1. The summed E-state index contributed by atoms with van der Waals surface area (Å²) in [5, 5.41) is 3.23. The molecular weight excluding hydrogens is 382 g/mol. The Labute approximate surface area is 175 Å². The number of amides is 1. The number of carbonyl (C=O) groups excluding carboxylic acids is 1. The van der Waals surface area contributed by atoms with Gasteiger partial charge >= 0.3 is 0 Å². The van der Waals surface area contributed by atoms with Gasteiger partial charge in [0.1, 0.15) is 10.7 Å². The minimum absolute atomic E-state index is 0.0906. The quantitative estimate of drug-likeness (QED) is 0.652. The van der Waals surface area contributed by atoms with E-state index in [0.717, 1.165) is 68.8 Å². The summed E-state index contributed by atoms with van der Waals surface area (Å²) in [6, 6.07) is 4.45. The molecule has 0 aliphatic carbocycles. The fraction of sp³-hybridized carbons (Fsp3) is 0.500. The highest BCUT2D eigenvalue weighted by molar-refractivity contribution is 7.09. The Hall–Kier alpha value is -2.25. The van der Waals surface area contributed by atoms with Crippen LogP contribution in [0.2, 0.25) is 0 Å². The van der Waals surface area contributed by atoms with Crippen molar-refractivity contribution in [2.75, 3.05) is 19.6 Å². The van der Waals surface area contributed by atoms with Gasteiger partial charge in [-0.1, -0.05) is 6.07 Å². The number of aryl methyl sites for hydroxylation is 1. The molecule has 2 saturated heterocycles. The summed E-state index contributed by atoms with van der Waals surface area (Å²) in [4.78, 5) is 27.3. The number of hydrogen-bond acceptors (Lipinski definition) is 5. The number of hydrogen-bond donors (Lipinski definition) is 0. The third-order valence-corrected chi connectivity index (χ3v) is 7.12. The summed E-state index contributed by atoms with van der Waals surface area (Å²) in [7, 11) is 0. The largest absolute Gasteiger partial charge is 0.337 e. The minimum atomic E-state index is 0.0906. The van der Waals surface area contributed by atoms with E-state index >= 15 is 0 Å². The number of aromatic nitrogens is 3. The zero-order valence-electron chi connectivity index (χ0n) is 16.9. The molecule has 1 amide bonds. The number of likely N-dealkylation sites (tertiary alicyclic amines) is 2. The molecule has 2 fully saturated rings. The zero-order chi connectivity index (χ0) is 19.8. The van der Waals surface area contributed by atoms with Gasteiger partial charge in [-0.05, 0) is 57.2 Å². The average molecular weight is 410 g/mol. The number of rotatable bonds is 4. The van der Waals surface area contributed by atoms with Crippen LogP contribution in [0.1, 0.15) is 64.9 Å². The summed E-state index contributed by atoms with van der Waals surface area (Å²) in [5.74, 6) is 0.0906. The number of piperidine rings is 1. The van der Waals surface area contributed by atoms with Crippen molar-refractivity contribution in [2.24, 2.45) is 0 Å². The van der Waals surface area contributed by atoms with Crippen LogP contribution in [0.4, 0.5) is 0 Å². The van der Waals surface area contributed by atoms with Crippen molar-refractivity contribution in [1.82, 2.24) is 24.2 Å². The lowest BCUT2D eigenvalue weighted by Crippen LogP contribution is -2.36. The van der Waals surface area contributed by atoms with E-state index in [1.54, 1.807) is 11.3 Å². The molecule has 6 nitrogen and oxygen atoms in total. The molecule has 0 aromatic carbocycles. The van der Waals surface area contributed by atoms with Crippen molar-refractivity contribution < 1.29 is 4.79 Å². The van der Waals surface area contributed by atoms with Crippen LogP contribution in [0.15, 0.2) is 29.9 Å². The molecule has 0 N–H and O–H groups in total. The first kappa shape index (κ1) is 18.8. The van der Waals surface area contributed by atoms with E-state index in [-0.39, 0.29) is 5.91 Å². The number of nitrogens with zero attached hydrogens (tertiary/aromatic N) is 5. The lowest BCUT2D eigenvalue weighted by molar-refractivity contribution is 0.0716. The highest BCUT2D eigenvalue weighted by Crippen LogP contribution is 2.35. The molecule has 5 rings (SSSR count). The molecule has 3 aromatic rings. The van der Waals surface area contributed by atoms with E-state index in [1.807, 2.05) is 23.4 Å². The summed E-state index contributed by atoms with van der Waals surface area (Å²) in [6.07, 6.45) is 9.61. The maximum atomic E-state index is 13.4. The number of pyridine rings is 1. The van der Waals surface area contributed by atoms with Gasteiger partial charge in [0.05, 0.1) is 11.7 Å². The number of thiazole rings is 1. The first-order valence-electron chi connectivity index (χ1n) is 10.6. The highest BCUT2D eigenvalue weighted by atomic mass is 32.1. The molecule has 29 heavy (non-hydrogen) atoms. The maximum Gasteiger partial charge on any atom is 0.274 e. The monoisotopic (exact) mass is 409 g/mol. The van der Waals surface area contributed by atoms with E-state index in [4.69, 9.17) is 4.98 Å². The van der Waals surface area contributed by atoms with Crippen molar-refractivity contribution in [2.45, 2.75) is 51.6 Å². The highest BCUT2D eigenvalue weighted by Gasteiger charge is 2.32. The van der Waals surface area contributed by atoms with Gasteiger partial charge < -0.3 is 9.30 Å². The maximum absolute atomic E-state index is 13.4. The Morgan fingerprint density at radius 3 is 2.86 bits per heavy atom. The molecule has 0 bridgehead atoms. The fourth-order valence-electron chi connectivity index (χ4n) is 4.71. The minimum Gasteiger partial charge on any atom is -0.337 e. The Morgan fingerprint density at radius 1 is 1.21 bits per heavy atom. The molecule has 152 valence electrons. The second kappa shape index (κ2) is 7.88. The third kappa shape index (κ3) is 3.46. The third-order valence-electron chi connectivity index (χ3n) is 6.24. The topological polar surface area (TPSA) is 53.7 Å². The molecule has 0 unspecified atom stereocenters. The van der Waals surface area contributed by atoms with Crippen LogP contribution in [0.3, 0.4) is 0 Å². The lowest BCUT2D eigenvalue weighted by Gasteiger charge is -2.27. The van der Waals surface area contributed by atoms with E-state index in [0.29, 0.717) is 11.7 Å². The van der Waals surface area contributed by atoms with Gasteiger partial charge in [0, 0.05) is 37.4 Å². The van der Waals surface area contributed by atoms with E-state index in [2.05, 4.69) is 32.7 Å². The zero-order valence-corrected chi connectivity index (χ0v) is 17.7. The van der Waals surface area contributed by atoms with Gasteiger partial charge in [0.15, 0.2) is 5.69 Å². The molecule has 7 heteroatoms. The predicted octanol–water partition coefficient (Wildman–Crippen LogP) is 4.06. The SMILES string of the molecule is Cc1cccn2c(CN3CCC[C@H]3c3nccs3)c(C(=O)N3CCCCC3)nc12. The van der Waals surface area contributed by atoms with Crippen LogP contribution < -0.4 is 0 Å². The Kier molecular flexibility index (Phi) is 5.09. The van der Waals surface area contributed by atoms with Gasteiger partial charge in [0.25, 0.3) is 5.91 Å². The van der Waals surface area contributed by atoms with Crippen LogP contribution in [0.5, 0.6) is 0 Å². The van der Waals surface area contributed by atoms with Crippen LogP contribution in [0, 0.1) is 6.92 Å². The Bertz CT molecular complexity index is 1010. The summed E-state index contributed by atoms with van der Waals surface area (Å²) >= 11 is 1.73. The van der Waals surface area contributed by atoms with Crippen molar-refractivity contribution in [1.29, 1.82) is 0 Å². The average Bonchev–Trinajstić information content (AvgIpc) is 3.49. The first-order chi connectivity index (χ1) is 14.2. The van der Waals surface area contributed by atoms with Crippen molar-refractivity contribution in [3.63, 3.8) is 0 Å². The predicted molar refractivity (Wildman–Crippen MR) is 114 cm³/mol. The van der Waals surface area contributed by atoms with Crippen LogP contribution in [0.25, 0.3) is 5.65 Å². The van der Waals surface area contributed by atoms with Crippen LogP contribution in [-0.2, 0) is 6.54 Å². The molecule has 1 atom stereocenters. The Morgan fingerprint density at radius 2 is 2.07 bits per heavy atom. The first-order valence-corrected chi connectivity index (χ1v) is 11.5. The number of imidazole rings is 1. The molecule has 5 heterocycles. The van der Waals surface area contributed by atoms with Gasteiger partial charge in [-0.25, -0.2) is 9.97 Å². The second-order valence-corrected chi connectivity index (χ2v) is 9.07. The van der Waals surface area contributed by atoms with E-state index in [1.165, 1.54) is 11.4 Å². The van der Waals surface area contributed by atoms with Crippen molar-refractivity contribution in [3.8, 4) is 0 Å². The van der Waals surface area contributed by atoms with E-state index in [9.17, 15) is 4.79 Å². The number of fused-ring (bicyclic) bond motifs is 1. The summed E-state index contributed by atoms with van der Waals surface area (Å²) in [5.41, 5.74) is 3.64. The Balaban J connectivity index is 1.53. The van der Waals surface area contributed by atoms with Crippen molar-refractivity contribution >= 4 is 22.9 Å². The molecule has 2 aliphatic rings. The molecule has 0 spiro atoms. The molecule has 0 saturated carbocycles. The summed E-state index contributed by atoms with van der Waals surface area (Å²) < 4.78 is 2.13. The van der Waals surface area contributed by atoms with Crippen LogP contribution in [-0.4, -0.2) is 49.7 Å². The van der Waals surface area contributed by atoms with E-state index < -0.39 is 0 Å². The van der Waals surface area contributed by atoms with Gasteiger partial charge in [-0.2, -0.15) is 0 Å². The fourth-order valence-corrected chi connectivity index (χ4v) is 5.52. The van der Waals surface area contributed by atoms with Crippen LogP contribution >= 0.6 is 11.3 Å². The number of carbonyl (C=O) groups is 1.